The molecule has 0 bridgehead atoms. The molecule has 1 unspecified atom stereocenters. The van der Waals surface area contributed by atoms with Gasteiger partial charge in [-0.05, 0) is 31.0 Å². The summed E-state index contributed by atoms with van der Waals surface area (Å²) in [5, 5.41) is 9.13. The van der Waals surface area contributed by atoms with Gasteiger partial charge in [0, 0.05) is 6.42 Å². The number of nitrogens with zero attached hydrogens (tertiary/aromatic N) is 4. The molecule has 2 aromatic carbocycles. The van der Waals surface area contributed by atoms with Crippen molar-refractivity contribution < 1.29 is 4.79 Å². The number of carbonyl (C=O) groups excluding carboxylic acids is 1. The lowest BCUT2D eigenvalue weighted by Crippen LogP contribution is -2.34. The van der Waals surface area contributed by atoms with Gasteiger partial charge in [0.15, 0.2) is 0 Å². The third-order valence-electron chi connectivity index (χ3n) is 4.49. The fourth-order valence-corrected chi connectivity index (χ4v) is 3.29. The summed E-state index contributed by atoms with van der Waals surface area (Å²) in [6, 6.07) is 17.9. The van der Waals surface area contributed by atoms with E-state index in [-0.39, 0.29) is 18.1 Å². The van der Waals surface area contributed by atoms with Gasteiger partial charge in [-0.1, -0.05) is 42.5 Å². The van der Waals surface area contributed by atoms with E-state index in [9.17, 15) is 4.79 Å². The van der Waals surface area contributed by atoms with E-state index in [0.717, 1.165) is 23.0 Å². The lowest BCUT2D eigenvalue weighted by molar-refractivity contribution is -0.132. The number of hydrogen-bond acceptors (Lipinski definition) is 3. The molecule has 1 aromatic heterocycles. The maximum absolute atomic E-state index is 12.4. The van der Waals surface area contributed by atoms with E-state index in [1.54, 1.807) is 4.80 Å². The van der Waals surface area contributed by atoms with Crippen molar-refractivity contribution in [2.75, 3.05) is 0 Å². The van der Waals surface area contributed by atoms with E-state index < -0.39 is 0 Å². The first-order valence-electron chi connectivity index (χ1n) is 7.92. The molecule has 0 saturated carbocycles. The molecule has 2 atom stereocenters. The van der Waals surface area contributed by atoms with Crippen LogP contribution in [0.3, 0.4) is 0 Å². The average Bonchev–Trinajstić information content (AvgIpc) is 3.18. The molecule has 5 nitrogen and oxygen atoms in total. The van der Waals surface area contributed by atoms with Crippen molar-refractivity contribution in [1.29, 1.82) is 0 Å². The van der Waals surface area contributed by atoms with Crippen LogP contribution in [0.4, 0.5) is 0 Å². The molecule has 1 aliphatic heterocycles. The first kappa shape index (κ1) is 13.9. The average molecular weight is 306 g/mol. The van der Waals surface area contributed by atoms with Crippen LogP contribution in [0, 0.1) is 0 Å². The van der Waals surface area contributed by atoms with Gasteiger partial charge >= 0.3 is 0 Å². The highest BCUT2D eigenvalue weighted by atomic mass is 16.2. The molecule has 0 radical (unpaired) electrons. The van der Waals surface area contributed by atoms with Crippen molar-refractivity contribution in [2.24, 2.45) is 0 Å². The molecule has 1 fully saturated rings. The molecule has 3 aromatic rings. The summed E-state index contributed by atoms with van der Waals surface area (Å²) in [5.74, 6) is 0.160. The van der Waals surface area contributed by atoms with E-state index in [1.165, 1.54) is 0 Å². The van der Waals surface area contributed by atoms with Gasteiger partial charge in [0.25, 0.3) is 0 Å². The number of rotatable bonds is 3. The Hall–Kier alpha value is -2.69. The highest BCUT2D eigenvalue weighted by molar-refractivity contribution is 5.79. The standard InChI is InChI=1S/C18H18N4O/c1-13(14-7-3-2-4-8-14)21-17(11-12-18(21)23)22-19-15-9-5-6-10-16(15)20-22/h2-10,13,17H,11-12H2,1H3/t13?,17-/m0/s1. The zero-order valence-electron chi connectivity index (χ0n) is 13.0. The highest BCUT2D eigenvalue weighted by Gasteiger charge is 2.37. The summed E-state index contributed by atoms with van der Waals surface area (Å²) in [7, 11) is 0. The molecule has 1 saturated heterocycles. The first-order chi connectivity index (χ1) is 11.2. The highest BCUT2D eigenvalue weighted by Crippen LogP contribution is 2.35. The normalized spacial score (nSPS) is 19.4. The lowest BCUT2D eigenvalue weighted by Gasteiger charge is -2.30. The van der Waals surface area contributed by atoms with Gasteiger partial charge in [0.2, 0.25) is 5.91 Å². The van der Waals surface area contributed by atoms with Crippen molar-refractivity contribution in [2.45, 2.75) is 32.0 Å². The molecule has 1 amide bonds. The number of likely N-dealkylation sites (tertiary alicyclic amines) is 1. The number of carbonyl (C=O) groups is 1. The van der Waals surface area contributed by atoms with E-state index in [2.05, 4.69) is 29.3 Å². The van der Waals surface area contributed by atoms with E-state index in [0.29, 0.717) is 6.42 Å². The number of benzene rings is 2. The SMILES string of the molecule is CC(c1ccccc1)N1C(=O)CC[C@@H]1n1nc2ccccc2n1. The zero-order valence-corrected chi connectivity index (χ0v) is 13.0. The minimum absolute atomic E-state index is 0.00492. The van der Waals surface area contributed by atoms with Crippen molar-refractivity contribution >= 4 is 16.9 Å². The van der Waals surface area contributed by atoms with E-state index >= 15 is 0 Å². The molecular weight excluding hydrogens is 288 g/mol. The third-order valence-corrected chi connectivity index (χ3v) is 4.49. The van der Waals surface area contributed by atoms with E-state index in [1.807, 2.05) is 47.4 Å². The summed E-state index contributed by atoms with van der Waals surface area (Å²) in [6.45, 7) is 2.06. The van der Waals surface area contributed by atoms with Crippen LogP contribution in [0.2, 0.25) is 0 Å². The maximum atomic E-state index is 12.4. The van der Waals surface area contributed by atoms with Crippen LogP contribution in [0.5, 0.6) is 0 Å². The number of aromatic nitrogens is 3. The second-order valence-electron chi connectivity index (χ2n) is 5.92. The Balaban J connectivity index is 1.71. The van der Waals surface area contributed by atoms with Crippen LogP contribution in [-0.4, -0.2) is 25.8 Å². The fraction of sp³-hybridized carbons (Fsp3) is 0.278. The van der Waals surface area contributed by atoms with Crippen LogP contribution in [0.1, 0.15) is 37.5 Å². The molecule has 0 N–H and O–H groups in total. The van der Waals surface area contributed by atoms with Gasteiger partial charge < -0.3 is 4.90 Å². The Labute approximate surface area is 134 Å². The van der Waals surface area contributed by atoms with Crippen LogP contribution in [-0.2, 0) is 4.79 Å². The molecular formula is C18H18N4O. The third kappa shape index (κ3) is 2.38. The summed E-state index contributed by atoms with van der Waals surface area (Å²) in [4.78, 5) is 16.1. The minimum atomic E-state index is -0.120. The second kappa shape index (κ2) is 5.50. The lowest BCUT2D eigenvalue weighted by atomic mass is 10.1. The molecule has 4 rings (SSSR count). The Morgan fingerprint density at radius 1 is 1.00 bits per heavy atom. The molecule has 1 aliphatic rings. The van der Waals surface area contributed by atoms with Crippen LogP contribution in [0.15, 0.2) is 54.6 Å². The van der Waals surface area contributed by atoms with Crippen LogP contribution >= 0.6 is 0 Å². The Kier molecular flexibility index (Phi) is 3.33. The first-order valence-corrected chi connectivity index (χ1v) is 7.92. The van der Waals surface area contributed by atoms with Crippen LogP contribution in [0.25, 0.3) is 11.0 Å². The molecule has 116 valence electrons. The van der Waals surface area contributed by atoms with Gasteiger partial charge in [-0.15, -0.1) is 0 Å². The Morgan fingerprint density at radius 2 is 1.61 bits per heavy atom. The van der Waals surface area contributed by atoms with Crippen molar-refractivity contribution in [3.8, 4) is 0 Å². The number of amides is 1. The molecule has 0 aliphatic carbocycles. The quantitative estimate of drug-likeness (QED) is 0.746. The van der Waals surface area contributed by atoms with Crippen LogP contribution < -0.4 is 0 Å². The van der Waals surface area contributed by atoms with E-state index in [4.69, 9.17) is 0 Å². The Morgan fingerprint density at radius 3 is 2.26 bits per heavy atom. The largest absolute Gasteiger partial charge is 0.312 e. The topological polar surface area (TPSA) is 51.0 Å². The zero-order chi connectivity index (χ0) is 15.8. The smallest absolute Gasteiger partial charge is 0.224 e. The predicted octanol–water partition coefficient (Wildman–Crippen LogP) is 3.31. The number of hydrogen-bond donors (Lipinski definition) is 0. The van der Waals surface area contributed by atoms with Crippen molar-refractivity contribution in [1.82, 2.24) is 19.9 Å². The van der Waals surface area contributed by atoms with Gasteiger partial charge in [0.05, 0.1) is 6.04 Å². The van der Waals surface area contributed by atoms with Gasteiger partial charge in [0.1, 0.15) is 17.2 Å². The van der Waals surface area contributed by atoms with Crippen molar-refractivity contribution in [3.63, 3.8) is 0 Å². The van der Waals surface area contributed by atoms with Gasteiger partial charge in [-0.25, -0.2) is 0 Å². The van der Waals surface area contributed by atoms with Gasteiger partial charge in [-0.2, -0.15) is 15.0 Å². The Bertz CT molecular complexity index is 809. The molecule has 2 heterocycles. The molecule has 0 spiro atoms. The summed E-state index contributed by atoms with van der Waals surface area (Å²) < 4.78 is 0. The molecule has 23 heavy (non-hydrogen) atoms. The predicted molar refractivity (Wildman–Crippen MR) is 87.5 cm³/mol. The summed E-state index contributed by atoms with van der Waals surface area (Å²) in [6.07, 6.45) is 1.17. The number of fused-ring (bicyclic) bond motifs is 1. The summed E-state index contributed by atoms with van der Waals surface area (Å²) in [5.41, 5.74) is 2.85. The van der Waals surface area contributed by atoms with Gasteiger partial charge in [-0.3, -0.25) is 4.79 Å². The second-order valence-corrected chi connectivity index (χ2v) is 5.92. The monoisotopic (exact) mass is 306 g/mol. The molecule has 5 heteroatoms. The van der Waals surface area contributed by atoms with Crippen molar-refractivity contribution in [3.05, 3.63) is 60.2 Å². The fourth-order valence-electron chi connectivity index (χ4n) is 3.29. The summed E-state index contributed by atoms with van der Waals surface area (Å²) >= 11 is 0. The minimum Gasteiger partial charge on any atom is -0.312 e. The maximum Gasteiger partial charge on any atom is 0.224 e.